The number of alkyl halides is 3. The Labute approximate surface area is 128 Å². The Balaban J connectivity index is 0.000000758. The molecule has 0 spiro atoms. The van der Waals surface area contributed by atoms with E-state index in [0.29, 0.717) is 0 Å². The van der Waals surface area contributed by atoms with Crippen molar-refractivity contribution >= 4 is 23.4 Å². The molecule has 10 heteroatoms. The maximum absolute atomic E-state index is 12.0. The van der Waals surface area contributed by atoms with Crippen LogP contribution in [-0.4, -0.2) is 40.1 Å². The normalized spacial score (nSPS) is 17.5. The minimum atomic E-state index is -5.08. The first-order valence-corrected chi connectivity index (χ1v) is 5.29. The van der Waals surface area contributed by atoms with Crippen LogP contribution in [0.1, 0.15) is 19.5 Å². The monoisotopic (exact) mass is 326 g/mol. The summed E-state index contributed by atoms with van der Waals surface area (Å²) in [6.07, 6.45) is -7.26. The van der Waals surface area contributed by atoms with Crippen molar-refractivity contribution in [2.75, 3.05) is 5.73 Å². The van der Waals surface area contributed by atoms with Gasteiger partial charge in [-0.25, -0.2) is 4.79 Å². The number of benzene rings is 1. The number of carbonyl (C=O) groups excluding carboxylic acids is 1. The minimum absolute atomic E-state index is 0.0407. The van der Waals surface area contributed by atoms with Gasteiger partial charge in [-0.3, -0.25) is 9.59 Å². The number of hydrogen-bond donors (Lipinski definition) is 4. The molecular formula is C12H13F3N2O5. The number of hydrogen-bond acceptors (Lipinski definition) is 5. The number of ketones is 1. The van der Waals surface area contributed by atoms with Crippen LogP contribution in [0.2, 0.25) is 2.82 Å². The van der Waals surface area contributed by atoms with Crippen molar-refractivity contribution in [2.45, 2.75) is 18.6 Å². The summed E-state index contributed by atoms with van der Waals surface area (Å²) in [5.74, 6) is -5.71. The highest BCUT2D eigenvalue weighted by atomic mass is 19.4. The van der Waals surface area contributed by atoms with Gasteiger partial charge in [0.25, 0.3) is 0 Å². The third-order valence-electron chi connectivity index (χ3n) is 1.96. The van der Waals surface area contributed by atoms with Crippen LogP contribution in [0.5, 0.6) is 0 Å². The smallest absolute Gasteiger partial charge is 0.480 e. The van der Waals surface area contributed by atoms with Crippen LogP contribution in [0.25, 0.3) is 0 Å². The van der Waals surface area contributed by atoms with Crippen molar-refractivity contribution in [3.05, 3.63) is 29.8 Å². The number of anilines is 1. The molecule has 1 aromatic carbocycles. The predicted octanol–water partition coefficient (Wildman–Crippen LogP) is 0.887. The number of Topliss-reactive ketones (excluding diaryl/α,β-unsaturated/α-hetero) is 1. The van der Waals surface area contributed by atoms with Gasteiger partial charge < -0.3 is 21.7 Å². The van der Waals surface area contributed by atoms with Gasteiger partial charge in [-0.2, -0.15) is 13.2 Å². The van der Waals surface area contributed by atoms with Gasteiger partial charge in [-0.15, -0.1) is 0 Å². The molecule has 0 saturated carbocycles. The summed E-state index contributed by atoms with van der Waals surface area (Å²) in [4.78, 5) is 31.8. The molecule has 1 aromatic rings. The van der Waals surface area contributed by atoms with Crippen molar-refractivity contribution in [3.8, 4) is 0 Å². The lowest BCUT2D eigenvalue weighted by Gasteiger charge is -2.07. The number of rotatable bonds is 5. The molecule has 0 bridgehead atoms. The minimum Gasteiger partial charge on any atom is -0.480 e. The highest BCUT2D eigenvalue weighted by molar-refractivity contribution is 6.02. The fraction of sp³-hybridized carbons (Fsp3) is 0.250. The Kier molecular flexibility index (Phi) is 4.74. The number of aliphatic carboxylic acids is 2. The Bertz CT molecular complexity index is 689. The summed E-state index contributed by atoms with van der Waals surface area (Å²) in [6.45, 7) is 0. The second-order valence-electron chi connectivity index (χ2n) is 3.59. The quantitative estimate of drug-likeness (QED) is 0.464. The molecule has 6 N–H and O–H groups in total. The molecule has 0 aliphatic heterocycles. The van der Waals surface area contributed by atoms with Crippen LogP contribution in [0.3, 0.4) is 0 Å². The van der Waals surface area contributed by atoms with E-state index in [2.05, 4.69) is 0 Å². The molecule has 1 rings (SSSR count). The standard InChI is InChI=1S/C10H12N2O3.C2HF3O2/c11-7-4-2-1-3-6(7)9(13)5-8(12)10(14)15;3-2(4,5)1(6)7/h1-4,8H,5,11-12H2,(H,14,15);(H,6,7)/t8-;/m0./s1/i5D,8D;/hD2/t5?,8-;. The largest absolute Gasteiger partial charge is 0.490 e. The van der Waals surface area contributed by atoms with Crippen molar-refractivity contribution in [1.29, 1.82) is 0 Å². The molecule has 0 amide bonds. The van der Waals surface area contributed by atoms with Gasteiger partial charge in [0, 0.05) is 19.0 Å². The highest BCUT2D eigenvalue weighted by Crippen LogP contribution is 2.14. The Morgan fingerprint density at radius 1 is 1.32 bits per heavy atom. The van der Waals surface area contributed by atoms with Gasteiger partial charge in [-0.1, -0.05) is 12.1 Å². The number of nitrogens with two attached hydrogens (primary N) is 2. The fourth-order valence-electron chi connectivity index (χ4n) is 0.985. The van der Waals surface area contributed by atoms with Gasteiger partial charge in [0.2, 0.25) is 0 Å². The van der Waals surface area contributed by atoms with Crippen molar-refractivity contribution in [1.82, 2.24) is 0 Å². The molecule has 0 heterocycles. The summed E-state index contributed by atoms with van der Waals surface area (Å²) in [6, 6.07) is 2.68. The number of carboxylic acid groups (broad SMARTS) is 2. The van der Waals surface area contributed by atoms with Crippen molar-refractivity contribution in [2.24, 2.45) is 5.72 Å². The zero-order valence-electron chi connectivity index (χ0n) is 14.7. The first kappa shape index (κ1) is 13.1. The molecule has 1 unspecified atom stereocenters. The number of para-hydroxylation sites is 1. The topological polar surface area (TPSA) is 144 Å². The Morgan fingerprint density at radius 2 is 1.82 bits per heavy atom. The number of nitrogen functional groups attached to an aromatic ring is 1. The van der Waals surface area contributed by atoms with E-state index >= 15 is 0 Å². The molecule has 2 atom stereocenters. The first-order valence-electron chi connectivity index (χ1n) is 7.27. The average Bonchev–Trinajstić information content (AvgIpc) is 2.52. The molecule has 0 fully saturated rings. The van der Waals surface area contributed by atoms with E-state index in [-0.39, 0.29) is 11.3 Å². The number of carbonyl (C=O) groups is 3. The van der Waals surface area contributed by atoms with Gasteiger partial charge in [0.1, 0.15) is 8.84 Å². The molecule has 0 aliphatic carbocycles. The average molecular weight is 326 g/mol. The number of carboxylic acids is 2. The van der Waals surface area contributed by atoms with E-state index in [1.165, 1.54) is 18.2 Å². The zero-order valence-corrected chi connectivity index (χ0v) is 10.7. The maximum atomic E-state index is 12.0. The lowest BCUT2D eigenvalue weighted by molar-refractivity contribution is -0.192. The zero-order chi connectivity index (χ0) is 20.9. The molecule has 22 heavy (non-hydrogen) atoms. The summed E-state index contributed by atoms with van der Waals surface area (Å²) in [5, 5.41) is 16.0. The predicted molar refractivity (Wildman–Crippen MR) is 69.1 cm³/mol. The van der Waals surface area contributed by atoms with E-state index in [9.17, 15) is 22.8 Å². The van der Waals surface area contributed by atoms with Gasteiger partial charge >= 0.3 is 18.1 Å². The van der Waals surface area contributed by atoms with Gasteiger partial charge in [0.05, 0.1) is 1.37 Å². The fourth-order valence-corrected chi connectivity index (χ4v) is 0.985. The third kappa shape index (κ3) is 6.70. The van der Waals surface area contributed by atoms with Gasteiger partial charge in [-0.05, 0) is 12.1 Å². The third-order valence-corrected chi connectivity index (χ3v) is 1.96. The van der Waals surface area contributed by atoms with E-state index in [1.54, 1.807) is 6.07 Å². The van der Waals surface area contributed by atoms with Crippen LogP contribution < -0.4 is 11.5 Å². The molecule has 0 aromatic heterocycles. The van der Waals surface area contributed by atoms with E-state index in [1.807, 2.05) is 0 Å². The Morgan fingerprint density at radius 3 is 2.18 bits per heavy atom. The number of halogens is 3. The molecule has 122 valence electrons. The van der Waals surface area contributed by atoms with E-state index in [0.717, 1.165) is 0 Å². The van der Waals surface area contributed by atoms with Gasteiger partial charge in [0.15, 0.2) is 5.78 Å². The van der Waals surface area contributed by atoms with Crippen LogP contribution in [0.15, 0.2) is 24.3 Å². The second-order valence-corrected chi connectivity index (χ2v) is 3.59. The molecule has 7 nitrogen and oxygen atoms in total. The van der Waals surface area contributed by atoms with Crippen molar-refractivity contribution in [3.63, 3.8) is 0 Å². The summed E-state index contributed by atoms with van der Waals surface area (Å²) in [7, 11) is 0. The summed E-state index contributed by atoms with van der Waals surface area (Å²) in [5.41, 5.74) is 4.98. The summed E-state index contributed by atoms with van der Waals surface area (Å²) < 4.78 is 60.7. The first-order chi connectivity index (χ1) is 11.7. The van der Waals surface area contributed by atoms with Crippen molar-refractivity contribution < 1.29 is 43.3 Å². The lowest BCUT2D eigenvalue weighted by Crippen LogP contribution is -2.32. The SMILES string of the molecule is O=C(O)C(F)(F)F.[2H]C(C(=O)c1ccccc1N)[C@@]([2H])(C(=O)O)N([2H])[2H]. The van der Waals surface area contributed by atoms with E-state index < -0.39 is 42.0 Å². The molecule has 0 radical (unpaired) electrons. The molecular weight excluding hydrogens is 309 g/mol. The second kappa shape index (κ2) is 7.98. The van der Waals surface area contributed by atoms with Crippen LogP contribution in [-0.2, 0) is 9.59 Å². The molecule has 0 saturated heterocycles. The Hall–Kier alpha value is -2.62. The maximum Gasteiger partial charge on any atom is 0.490 e. The van der Waals surface area contributed by atoms with Crippen LogP contribution in [0.4, 0.5) is 18.9 Å². The van der Waals surface area contributed by atoms with Crippen LogP contribution in [0, 0.1) is 0 Å². The van der Waals surface area contributed by atoms with E-state index in [4.69, 9.17) is 26.3 Å². The highest BCUT2D eigenvalue weighted by Gasteiger charge is 2.38. The van der Waals surface area contributed by atoms with Crippen LogP contribution >= 0.6 is 0 Å². The lowest BCUT2D eigenvalue weighted by atomic mass is 10.0. The summed E-state index contributed by atoms with van der Waals surface area (Å²) >= 11 is 0. The molecule has 0 aliphatic rings.